The van der Waals surface area contributed by atoms with E-state index >= 15 is 0 Å². The number of hydrogen-bond acceptors (Lipinski definition) is 5. The van der Waals surface area contributed by atoms with Crippen molar-refractivity contribution in [3.05, 3.63) is 24.3 Å². The van der Waals surface area contributed by atoms with Crippen molar-refractivity contribution in [1.29, 1.82) is 0 Å². The average Bonchev–Trinajstić information content (AvgIpc) is 2.56. The predicted molar refractivity (Wildman–Crippen MR) is 47.0 cm³/mol. The Balaban J connectivity index is 2.28. The Kier molecular flexibility index (Phi) is 2.02. The lowest BCUT2D eigenvalue weighted by molar-refractivity contribution is 0.377. The largest absolute Gasteiger partial charge is 0.504 e. The number of phenolic OH excluding ortho intramolecular Hbond substituents is 1. The summed E-state index contributed by atoms with van der Waals surface area (Å²) in [4.78, 5) is 0. The molecule has 1 aromatic carbocycles. The van der Waals surface area contributed by atoms with E-state index in [0.29, 0.717) is 5.75 Å². The van der Waals surface area contributed by atoms with Gasteiger partial charge in [-0.2, -0.15) is 4.68 Å². The summed E-state index contributed by atoms with van der Waals surface area (Å²) in [6.07, 6.45) is 0. The Morgan fingerprint density at radius 1 is 1.36 bits per heavy atom. The molecule has 0 aliphatic rings. The van der Waals surface area contributed by atoms with Crippen LogP contribution in [0.5, 0.6) is 17.5 Å². The van der Waals surface area contributed by atoms with Gasteiger partial charge < -0.3 is 9.84 Å². The summed E-state index contributed by atoms with van der Waals surface area (Å²) < 4.78 is 6.62. The Bertz CT molecular complexity index is 440. The molecule has 0 saturated carbocycles. The molecule has 0 unspecified atom stereocenters. The van der Waals surface area contributed by atoms with E-state index < -0.39 is 0 Å². The molecule has 0 saturated heterocycles. The van der Waals surface area contributed by atoms with Crippen LogP contribution in [0.3, 0.4) is 0 Å². The van der Waals surface area contributed by atoms with E-state index in [0.717, 1.165) is 0 Å². The number of ether oxygens (including phenoxy) is 1. The topological polar surface area (TPSA) is 73.1 Å². The zero-order valence-electron chi connectivity index (χ0n) is 7.45. The molecule has 0 atom stereocenters. The minimum atomic E-state index is 0.0514. The number of rotatable bonds is 2. The van der Waals surface area contributed by atoms with Crippen molar-refractivity contribution < 1.29 is 9.84 Å². The third-order valence-electron chi connectivity index (χ3n) is 1.65. The molecule has 1 heterocycles. The van der Waals surface area contributed by atoms with Crippen LogP contribution >= 0.6 is 0 Å². The monoisotopic (exact) mass is 192 g/mol. The molecule has 2 rings (SSSR count). The summed E-state index contributed by atoms with van der Waals surface area (Å²) in [5.74, 6) is 0.376. The molecule has 0 radical (unpaired) electrons. The summed E-state index contributed by atoms with van der Waals surface area (Å²) in [6, 6.07) is 6.84. The fourth-order valence-electron chi connectivity index (χ4n) is 0.950. The first-order chi connectivity index (χ1) is 6.77. The second-order valence-corrected chi connectivity index (χ2v) is 2.65. The highest BCUT2D eigenvalue weighted by Crippen LogP contribution is 2.27. The van der Waals surface area contributed by atoms with Gasteiger partial charge in [0.1, 0.15) is 0 Å². The number of nitrogens with zero attached hydrogens (tertiary/aromatic N) is 4. The summed E-state index contributed by atoms with van der Waals surface area (Å²) in [6.45, 7) is 0. The molecule has 0 aliphatic carbocycles. The van der Waals surface area contributed by atoms with E-state index in [2.05, 4.69) is 15.5 Å². The standard InChI is InChI=1S/C8H8N4O2/c1-12-8(9-10-11-12)14-7-5-3-2-4-6(7)13/h2-5,13H,1H3. The van der Waals surface area contributed by atoms with Gasteiger partial charge in [0.05, 0.1) is 0 Å². The molecule has 1 aromatic heterocycles. The van der Waals surface area contributed by atoms with Gasteiger partial charge in [0.25, 0.3) is 0 Å². The molecular weight excluding hydrogens is 184 g/mol. The molecule has 14 heavy (non-hydrogen) atoms. The van der Waals surface area contributed by atoms with Crippen molar-refractivity contribution in [3.63, 3.8) is 0 Å². The van der Waals surface area contributed by atoms with E-state index in [1.54, 1.807) is 25.2 Å². The maximum atomic E-state index is 9.40. The quantitative estimate of drug-likeness (QED) is 0.758. The normalized spacial score (nSPS) is 10.1. The van der Waals surface area contributed by atoms with Gasteiger partial charge in [-0.05, 0) is 22.6 Å². The molecule has 0 amide bonds. The molecule has 0 fully saturated rings. The van der Waals surface area contributed by atoms with Crippen LogP contribution in [0.1, 0.15) is 0 Å². The third kappa shape index (κ3) is 1.49. The lowest BCUT2D eigenvalue weighted by Crippen LogP contribution is -1.95. The number of aromatic hydroxyl groups is 1. The van der Waals surface area contributed by atoms with Crippen LogP contribution in [-0.2, 0) is 7.05 Å². The smallest absolute Gasteiger partial charge is 0.340 e. The van der Waals surface area contributed by atoms with Crippen molar-refractivity contribution in [2.75, 3.05) is 0 Å². The maximum absolute atomic E-state index is 9.40. The first kappa shape index (κ1) is 8.49. The van der Waals surface area contributed by atoms with E-state index in [9.17, 15) is 5.11 Å². The summed E-state index contributed by atoms with van der Waals surface area (Å²) in [5, 5.41) is 20.0. The van der Waals surface area contributed by atoms with Crippen LogP contribution in [0.25, 0.3) is 0 Å². The van der Waals surface area contributed by atoms with Gasteiger partial charge in [-0.1, -0.05) is 17.2 Å². The Morgan fingerprint density at radius 2 is 2.14 bits per heavy atom. The van der Waals surface area contributed by atoms with Crippen LogP contribution in [0.15, 0.2) is 24.3 Å². The number of aromatic nitrogens is 4. The van der Waals surface area contributed by atoms with Gasteiger partial charge in [-0.3, -0.25) is 0 Å². The van der Waals surface area contributed by atoms with Crippen molar-refractivity contribution in [3.8, 4) is 17.5 Å². The third-order valence-corrected chi connectivity index (χ3v) is 1.65. The molecule has 0 bridgehead atoms. The van der Waals surface area contributed by atoms with Gasteiger partial charge in [-0.25, -0.2) is 0 Å². The van der Waals surface area contributed by atoms with Gasteiger partial charge in [0, 0.05) is 7.05 Å². The van der Waals surface area contributed by atoms with Crippen LogP contribution in [0.2, 0.25) is 0 Å². The number of phenols is 1. The highest BCUT2D eigenvalue weighted by molar-refractivity contribution is 5.39. The first-order valence-electron chi connectivity index (χ1n) is 3.95. The van der Waals surface area contributed by atoms with Crippen LogP contribution in [0.4, 0.5) is 0 Å². The van der Waals surface area contributed by atoms with Gasteiger partial charge >= 0.3 is 6.01 Å². The average molecular weight is 192 g/mol. The number of hydrogen-bond donors (Lipinski definition) is 1. The minimum Gasteiger partial charge on any atom is -0.504 e. The predicted octanol–water partition coefficient (Wildman–Crippen LogP) is 0.708. The fourth-order valence-corrected chi connectivity index (χ4v) is 0.950. The molecule has 72 valence electrons. The van der Waals surface area contributed by atoms with Gasteiger partial charge in [-0.15, -0.1) is 0 Å². The van der Waals surface area contributed by atoms with Crippen LogP contribution in [0, 0.1) is 0 Å². The zero-order valence-corrected chi connectivity index (χ0v) is 7.45. The second-order valence-electron chi connectivity index (χ2n) is 2.65. The minimum absolute atomic E-state index is 0.0514. The number of para-hydroxylation sites is 2. The van der Waals surface area contributed by atoms with E-state index in [4.69, 9.17) is 4.74 Å². The molecular formula is C8H8N4O2. The lowest BCUT2D eigenvalue weighted by Gasteiger charge is -2.03. The van der Waals surface area contributed by atoms with Gasteiger partial charge in [0.15, 0.2) is 11.5 Å². The van der Waals surface area contributed by atoms with Crippen molar-refractivity contribution >= 4 is 0 Å². The van der Waals surface area contributed by atoms with E-state index in [1.807, 2.05) is 0 Å². The van der Waals surface area contributed by atoms with Crippen molar-refractivity contribution in [2.45, 2.75) is 0 Å². The zero-order chi connectivity index (χ0) is 9.97. The Morgan fingerprint density at radius 3 is 2.79 bits per heavy atom. The second kappa shape index (κ2) is 3.33. The Labute approximate surface area is 79.7 Å². The molecule has 0 aliphatic heterocycles. The lowest BCUT2D eigenvalue weighted by atomic mass is 10.3. The number of aryl methyl sites for hydroxylation is 1. The summed E-state index contributed by atoms with van der Waals surface area (Å²) >= 11 is 0. The maximum Gasteiger partial charge on any atom is 0.340 e. The first-order valence-corrected chi connectivity index (χ1v) is 3.95. The van der Waals surface area contributed by atoms with E-state index in [1.165, 1.54) is 10.7 Å². The molecule has 2 aromatic rings. The molecule has 6 nitrogen and oxygen atoms in total. The number of benzene rings is 1. The Hall–Kier alpha value is -2.11. The fraction of sp³-hybridized carbons (Fsp3) is 0.125. The highest BCUT2D eigenvalue weighted by Gasteiger charge is 2.07. The number of tetrazole rings is 1. The molecule has 0 spiro atoms. The van der Waals surface area contributed by atoms with Crippen molar-refractivity contribution in [1.82, 2.24) is 20.2 Å². The summed E-state index contributed by atoms with van der Waals surface area (Å²) in [7, 11) is 1.65. The van der Waals surface area contributed by atoms with Crippen LogP contribution in [-0.4, -0.2) is 25.3 Å². The molecule has 1 N–H and O–H groups in total. The van der Waals surface area contributed by atoms with E-state index in [-0.39, 0.29) is 11.8 Å². The SMILES string of the molecule is Cn1nnnc1Oc1ccccc1O. The summed E-state index contributed by atoms with van der Waals surface area (Å²) in [5.41, 5.74) is 0. The molecule has 6 heteroatoms. The van der Waals surface area contributed by atoms with Crippen molar-refractivity contribution in [2.24, 2.45) is 7.05 Å². The van der Waals surface area contributed by atoms with Crippen LogP contribution < -0.4 is 4.74 Å². The highest BCUT2D eigenvalue weighted by atomic mass is 16.5. The van der Waals surface area contributed by atoms with Gasteiger partial charge in [0.2, 0.25) is 0 Å².